The van der Waals surface area contributed by atoms with Gasteiger partial charge in [0.05, 0.1) is 19.9 Å². The van der Waals surface area contributed by atoms with Crippen molar-refractivity contribution in [3.05, 3.63) is 78.5 Å². The Morgan fingerprint density at radius 2 is 1.89 bits per heavy atom. The van der Waals surface area contributed by atoms with Gasteiger partial charge in [0.1, 0.15) is 11.8 Å². The zero-order chi connectivity index (χ0) is 24.6. The van der Waals surface area contributed by atoms with E-state index in [0.717, 1.165) is 25.7 Å². The van der Waals surface area contributed by atoms with Crippen LogP contribution < -0.4 is 20.3 Å². The Morgan fingerprint density at radius 3 is 2.51 bits per heavy atom. The van der Waals surface area contributed by atoms with Crippen LogP contribution in [0, 0.1) is 0 Å². The lowest BCUT2D eigenvalue weighted by Gasteiger charge is -2.32. The zero-order valence-electron chi connectivity index (χ0n) is 19.5. The van der Waals surface area contributed by atoms with Gasteiger partial charge in [0, 0.05) is 29.7 Å². The molecule has 1 aromatic carbocycles. The lowest BCUT2D eigenvalue weighted by molar-refractivity contribution is -0.126. The first-order valence-corrected chi connectivity index (χ1v) is 11.5. The van der Waals surface area contributed by atoms with Gasteiger partial charge in [-0.05, 0) is 55.3 Å². The summed E-state index contributed by atoms with van der Waals surface area (Å²) in [5.41, 5.74) is 1.04. The lowest BCUT2D eigenvalue weighted by atomic mass is 10.0. The number of hydrogen-bond donors (Lipinski definition) is 2. The summed E-state index contributed by atoms with van der Waals surface area (Å²) in [4.78, 5) is 45.1. The van der Waals surface area contributed by atoms with Gasteiger partial charge < -0.3 is 19.8 Å². The zero-order valence-corrected chi connectivity index (χ0v) is 19.5. The largest absolute Gasteiger partial charge is 0.497 e. The molecule has 3 aromatic rings. The number of carbonyl (C=O) groups is 3. The number of anilines is 1. The highest BCUT2D eigenvalue weighted by atomic mass is 16.5. The lowest BCUT2D eigenvalue weighted by Crippen LogP contribution is -2.49. The Labute approximate surface area is 203 Å². The van der Waals surface area contributed by atoms with Crippen molar-refractivity contribution >= 4 is 23.4 Å². The number of methoxy groups -OCH3 is 1. The van der Waals surface area contributed by atoms with Gasteiger partial charge in [-0.3, -0.25) is 24.3 Å². The standard InChI is InChI=1S/C26H28N4O5/c1-34-21-12-10-20(11-13-21)30(23(31)17-28-25(32)22-9-5-15-35-22)24(18-6-4-14-27-16-18)26(33)29-19-7-2-3-8-19/h4-6,9-16,19,24H,2-3,7-8,17H2,1H3,(H,28,32)(H,29,33)/t24-/m0/s1. The predicted molar refractivity (Wildman–Crippen MR) is 129 cm³/mol. The smallest absolute Gasteiger partial charge is 0.287 e. The van der Waals surface area contributed by atoms with Crippen LogP contribution in [-0.4, -0.2) is 42.4 Å². The van der Waals surface area contributed by atoms with E-state index in [1.165, 1.54) is 17.2 Å². The first kappa shape index (κ1) is 24.0. The van der Waals surface area contributed by atoms with Crippen molar-refractivity contribution < 1.29 is 23.5 Å². The number of furan rings is 1. The summed E-state index contributed by atoms with van der Waals surface area (Å²) < 4.78 is 10.4. The van der Waals surface area contributed by atoms with Gasteiger partial charge in [-0.2, -0.15) is 0 Å². The van der Waals surface area contributed by atoms with E-state index in [-0.39, 0.29) is 24.3 Å². The maximum atomic E-state index is 13.6. The minimum absolute atomic E-state index is 0.0631. The predicted octanol–water partition coefficient (Wildman–Crippen LogP) is 3.25. The van der Waals surface area contributed by atoms with Gasteiger partial charge in [-0.25, -0.2) is 0 Å². The molecule has 1 fully saturated rings. The van der Waals surface area contributed by atoms with Crippen LogP contribution in [0.4, 0.5) is 5.69 Å². The van der Waals surface area contributed by atoms with Crippen molar-refractivity contribution in [1.29, 1.82) is 0 Å². The Kier molecular flexibility index (Phi) is 7.77. The van der Waals surface area contributed by atoms with Crippen LogP contribution >= 0.6 is 0 Å². The van der Waals surface area contributed by atoms with Crippen molar-refractivity contribution in [3.8, 4) is 5.75 Å². The number of ether oxygens (including phenoxy) is 1. The van der Waals surface area contributed by atoms with Gasteiger partial charge in [0.2, 0.25) is 11.8 Å². The molecular formula is C26H28N4O5. The highest BCUT2D eigenvalue weighted by Crippen LogP contribution is 2.30. The summed E-state index contributed by atoms with van der Waals surface area (Å²) in [6, 6.07) is 12.5. The van der Waals surface area contributed by atoms with Crippen LogP contribution in [0.15, 0.2) is 71.6 Å². The average Bonchev–Trinajstić information content (AvgIpc) is 3.61. The molecule has 4 rings (SSSR count). The fourth-order valence-corrected chi connectivity index (χ4v) is 4.22. The van der Waals surface area contributed by atoms with E-state index >= 15 is 0 Å². The molecule has 0 bridgehead atoms. The molecule has 0 radical (unpaired) electrons. The molecule has 9 nitrogen and oxygen atoms in total. The number of carbonyl (C=O) groups excluding carboxylic acids is 3. The summed E-state index contributed by atoms with van der Waals surface area (Å²) in [5.74, 6) is -0.583. The number of hydrogen-bond acceptors (Lipinski definition) is 6. The molecule has 2 aromatic heterocycles. The van der Waals surface area contributed by atoms with Crippen molar-refractivity contribution in [2.75, 3.05) is 18.6 Å². The Balaban J connectivity index is 1.66. The minimum atomic E-state index is -0.981. The van der Waals surface area contributed by atoms with Crippen LogP contribution in [0.1, 0.15) is 47.8 Å². The van der Waals surface area contributed by atoms with Crippen molar-refractivity contribution in [3.63, 3.8) is 0 Å². The van der Waals surface area contributed by atoms with Crippen LogP contribution in [-0.2, 0) is 9.59 Å². The molecule has 0 saturated heterocycles. The molecule has 1 atom stereocenters. The third-order valence-electron chi connectivity index (χ3n) is 5.97. The second kappa shape index (κ2) is 11.3. The summed E-state index contributed by atoms with van der Waals surface area (Å²) in [6.45, 7) is -0.334. The van der Waals surface area contributed by atoms with Gasteiger partial charge >= 0.3 is 0 Å². The number of amides is 3. The fourth-order valence-electron chi connectivity index (χ4n) is 4.22. The number of nitrogens with one attached hydrogen (secondary N) is 2. The number of rotatable bonds is 9. The molecule has 2 N–H and O–H groups in total. The monoisotopic (exact) mass is 476 g/mol. The molecule has 35 heavy (non-hydrogen) atoms. The number of benzene rings is 1. The maximum Gasteiger partial charge on any atom is 0.287 e. The normalized spacial score (nSPS) is 14.2. The third-order valence-corrected chi connectivity index (χ3v) is 5.97. The van der Waals surface area contributed by atoms with E-state index < -0.39 is 17.9 Å². The van der Waals surface area contributed by atoms with E-state index in [2.05, 4.69) is 15.6 Å². The van der Waals surface area contributed by atoms with E-state index in [1.807, 2.05) is 0 Å². The first-order chi connectivity index (χ1) is 17.1. The number of aromatic nitrogens is 1. The minimum Gasteiger partial charge on any atom is -0.497 e. The molecule has 3 amide bonds. The molecule has 2 heterocycles. The van der Waals surface area contributed by atoms with Crippen molar-refractivity contribution in [2.45, 2.75) is 37.8 Å². The molecular weight excluding hydrogens is 448 g/mol. The van der Waals surface area contributed by atoms with E-state index in [1.54, 1.807) is 62.0 Å². The van der Waals surface area contributed by atoms with Gasteiger partial charge in [0.25, 0.3) is 5.91 Å². The van der Waals surface area contributed by atoms with Gasteiger partial charge in [0.15, 0.2) is 5.76 Å². The van der Waals surface area contributed by atoms with Crippen molar-refractivity contribution in [2.24, 2.45) is 0 Å². The third kappa shape index (κ3) is 5.87. The van der Waals surface area contributed by atoms with E-state index in [4.69, 9.17) is 9.15 Å². The fraction of sp³-hybridized carbons (Fsp3) is 0.308. The molecule has 0 spiro atoms. The SMILES string of the molecule is COc1ccc(N(C(=O)CNC(=O)c2ccco2)[C@H](C(=O)NC2CCCC2)c2cccnc2)cc1. The molecule has 0 unspecified atom stereocenters. The molecule has 9 heteroatoms. The Morgan fingerprint density at radius 1 is 1.11 bits per heavy atom. The van der Waals surface area contributed by atoms with Crippen LogP contribution in [0.3, 0.4) is 0 Å². The van der Waals surface area contributed by atoms with E-state index in [0.29, 0.717) is 17.0 Å². The second-order valence-electron chi connectivity index (χ2n) is 8.30. The van der Waals surface area contributed by atoms with Crippen molar-refractivity contribution in [1.82, 2.24) is 15.6 Å². The molecule has 0 aliphatic heterocycles. The van der Waals surface area contributed by atoms with Crippen LogP contribution in [0.25, 0.3) is 0 Å². The molecule has 1 aliphatic carbocycles. The van der Waals surface area contributed by atoms with Gasteiger partial charge in [-0.15, -0.1) is 0 Å². The van der Waals surface area contributed by atoms with Crippen LogP contribution in [0.2, 0.25) is 0 Å². The van der Waals surface area contributed by atoms with E-state index in [9.17, 15) is 14.4 Å². The summed E-state index contributed by atoms with van der Waals surface area (Å²) >= 11 is 0. The Hall–Kier alpha value is -4.14. The number of nitrogens with zero attached hydrogens (tertiary/aromatic N) is 2. The van der Waals surface area contributed by atoms with Crippen LogP contribution in [0.5, 0.6) is 5.75 Å². The molecule has 1 aliphatic rings. The second-order valence-corrected chi connectivity index (χ2v) is 8.30. The topological polar surface area (TPSA) is 114 Å². The molecule has 1 saturated carbocycles. The quantitative estimate of drug-likeness (QED) is 0.490. The van der Waals surface area contributed by atoms with Gasteiger partial charge in [-0.1, -0.05) is 18.9 Å². The Bertz CT molecular complexity index is 1130. The first-order valence-electron chi connectivity index (χ1n) is 11.5. The molecule has 182 valence electrons. The highest BCUT2D eigenvalue weighted by molar-refractivity contribution is 6.04. The average molecular weight is 477 g/mol. The highest BCUT2D eigenvalue weighted by Gasteiger charge is 2.34. The summed E-state index contributed by atoms with van der Waals surface area (Å²) in [7, 11) is 1.55. The summed E-state index contributed by atoms with van der Waals surface area (Å²) in [5, 5.41) is 5.68. The maximum absolute atomic E-state index is 13.6. The summed E-state index contributed by atoms with van der Waals surface area (Å²) in [6.07, 6.45) is 8.49. The number of pyridine rings is 1.